The molecular formula is C14H25N3O. The molecule has 4 nitrogen and oxygen atoms in total. The Morgan fingerprint density at radius 1 is 1.44 bits per heavy atom. The highest BCUT2D eigenvalue weighted by atomic mass is 16.3. The molecule has 102 valence electrons. The predicted octanol–water partition coefficient (Wildman–Crippen LogP) is 1.94. The molecular weight excluding hydrogens is 226 g/mol. The summed E-state index contributed by atoms with van der Waals surface area (Å²) in [5.74, 6) is 0.643. The van der Waals surface area contributed by atoms with Crippen LogP contribution in [0.1, 0.15) is 49.7 Å². The maximum absolute atomic E-state index is 9.28. The lowest BCUT2D eigenvalue weighted by atomic mass is 9.82. The lowest BCUT2D eigenvalue weighted by Crippen LogP contribution is -2.37. The van der Waals surface area contributed by atoms with Crippen molar-refractivity contribution >= 4 is 0 Å². The van der Waals surface area contributed by atoms with Crippen LogP contribution in [0.3, 0.4) is 0 Å². The smallest absolute Gasteiger partial charge is 0.0644 e. The summed E-state index contributed by atoms with van der Waals surface area (Å²) in [7, 11) is 0. The van der Waals surface area contributed by atoms with Gasteiger partial charge in [-0.3, -0.25) is 4.68 Å². The number of hydrogen-bond acceptors (Lipinski definition) is 3. The third-order valence-electron chi connectivity index (χ3n) is 4.09. The first-order valence-corrected chi connectivity index (χ1v) is 6.98. The van der Waals surface area contributed by atoms with Gasteiger partial charge in [0.05, 0.1) is 11.8 Å². The van der Waals surface area contributed by atoms with Gasteiger partial charge in [0.15, 0.2) is 0 Å². The molecule has 1 unspecified atom stereocenters. The fourth-order valence-corrected chi connectivity index (χ4v) is 2.96. The molecule has 1 saturated carbocycles. The summed E-state index contributed by atoms with van der Waals surface area (Å²) in [6, 6.07) is 0.336. The monoisotopic (exact) mass is 251 g/mol. The minimum absolute atomic E-state index is 0.0570. The fourth-order valence-electron chi connectivity index (χ4n) is 2.96. The van der Waals surface area contributed by atoms with Gasteiger partial charge in [0, 0.05) is 23.8 Å². The van der Waals surface area contributed by atoms with Gasteiger partial charge in [0.25, 0.3) is 0 Å². The minimum Gasteiger partial charge on any atom is -0.393 e. The quantitative estimate of drug-likeness (QED) is 0.841. The first-order chi connectivity index (χ1) is 8.52. The third kappa shape index (κ3) is 2.59. The van der Waals surface area contributed by atoms with Crippen molar-refractivity contribution in [1.29, 1.82) is 0 Å². The summed E-state index contributed by atoms with van der Waals surface area (Å²) in [6.07, 6.45) is 1.84. The van der Waals surface area contributed by atoms with Gasteiger partial charge in [0.2, 0.25) is 0 Å². The first kappa shape index (κ1) is 13.6. The van der Waals surface area contributed by atoms with Gasteiger partial charge in [-0.15, -0.1) is 0 Å². The van der Waals surface area contributed by atoms with Crippen molar-refractivity contribution in [3.05, 3.63) is 17.0 Å². The molecule has 0 radical (unpaired) electrons. The number of nitrogens with zero attached hydrogens (tertiary/aromatic N) is 2. The van der Waals surface area contributed by atoms with Gasteiger partial charge in [-0.05, 0) is 53.0 Å². The van der Waals surface area contributed by atoms with Crippen molar-refractivity contribution in [2.45, 2.75) is 59.2 Å². The highest BCUT2D eigenvalue weighted by Gasteiger charge is 2.27. The van der Waals surface area contributed by atoms with E-state index in [1.807, 2.05) is 0 Å². The largest absolute Gasteiger partial charge is 0.393 e. The van der Waals surface area contributed by atoms with Crippen molar-refractivity contribution in [2.24, 2.45) is 5.92 Å². The van der Waals surface area contributed by atoms with Gasteiger partial charge in [-0.25, -0.2) is 0 Å². The zero-order chi connectivity index (χ0) is 13.3. The van der Waals surface area contributed by atoms with Crippen LogP contribution < -0.4 is 5.32 Å². The van der Waals surface area contributed by atoms with Crippen molar-refractivity contribution in [2.75, 3.05) is 6.54 Å². The molecule has 1 aromatic rings. The molecule has 0 aliphatic heterocycles. The summed E-state index contributed by atoms with van der Waals surface area (Å²) in [5, 5.41) is 17.4. The third-order valence-corrected chi connectivity index (χ3v) is 4.09. The number of aliphatic hydroxyl groups is 1. The molecule has 2 rings (SSSR count). The molecule has 1 aliphatic rings. The van der Waals surface area contributed by atoms with Crippen molar-refractivity contribution in [3.8, 4) is 0 Å². The Morgan fingerprint density at radius 2 is 2.11 bits per heavy atom. The van der Waals surface area contributed by atoms with Crippen LogP contribution in [0.5, 0.6) is 0 Å². The maximum atomic E-state index is 9.28. The molecule has 0 saturated heterocycles. The zero-order valence-corrected chi connectivity index (χ0v) is 11.9. The topological polar surface area (TPSA) is 50.1 Å². The molecule has 1 heterocycles. The molecule has 2 N–H and O–H groups in total. The summed E-state index contributed by atoms with van der Waals surface area (Å²) >= 11 is 0. The Hall–Kier alpha value is -0.870. The van der Waals surface area contributed by atoms with Crippen molar-refractivity contribution < 1.29 is 5.11 Å². The number of rotatable bonds is 5. The van der Waals surface area contributed by atoms with Crippen molar-refractivity contribution in [3.63, 3.8) is 0 Å². The van der Waals surface area contributed by atoms with Crippen LogP contribution in [0, 0.1) is 19.8 Å². The highest BCUT2D eigenvalue weighted by molar-refractivity contribution is 5.27. The predicted molar refractivity (Wildman–Crippen MR) is 72.5 cm³/mol. The Labute approximate surface area is 109 Å². The van der Waals surface area contributed by atoms with Crippen LogP contribution in [0.15, 0.2) is 0 Å². The Morgan fingerprint density at radius 3 is 2.61 bits per heavy atom. The summed E-state index contributed by atoms with van der Waals surface area (Å²) < 4.78 is 2.07. The summed E-state index contributed by atoms with van der Waals surface area (Å²) in [5.41, 5.74) is 3.73. The summed E-state index contributed by atoms with van der Waals surface area (Å²) in [6.45, 7) is 10.5. The molecule has 18 heavy (non-hydrogen) atoms. The van der Waals surface area contributed by atoms with Crippen LogP contribution in [-0.2, 0) is 6.54 Å². The number of nitrogens with one attached hydrogen (secondary N) is 1. The van der Waals surface area contributed by atoms with Gasteiger partial charge < -0.3 is 10.4 Å². The van der Waals surface area contributed by atoms with E-state index in [1.54, 1.807) is 0 Å². The second kappa shape index (κ2) is 5.41. The van der Waals surface area contributed by atoms with Gasteiger partial charge in [-0.1, -0.05) is 0 Å². The van der Waals surface area contributed by atoms with E-state index in [2.05, 4.69) is 42.8 Å². The van der Waals surface area contributed by atoms with Crippen LogP contribution in [-0.4, -0.2) is 27.5 Å². The number of aryl methyl sites for hydroxylation is 2. The van der Waals surface area contributed by atoms with Crippen LogP contribution >= 0.6 is 0 Å². The Bertz CT molecular complexity index is 407. The minimum atomic E-state index is -0.0570. The number of hydrogen-bond donors (Lipinski definition) is 2. The average molecular weight is 251 g/mol. The average Bonchev–Trinajstić information content (AvgIpc) is 2.58. The van der Waals surface area contributed by atoms with Crippen molar-refractivity contribution in [1.82, 2.24) is 15.1 Å². The SMILES string of the molecule is CCn1nc(C)c(C(C)NCC2CC(O)C2)c1C. The van der Waals surface area contributed by atoms with E-state index in [0.29, 0.717) is 12.0 Å². The number of aliphatic hydroxyl groups excluding tert-OH is 1. The van der Waals surface area contributed by atoms with E-state index in [0.717, 1.165) is 31.6 Å². The molecule has 0 bridgehead atoms. The molecule has 1 aliphatic carbocycles. The van der Waals surface area contributed by atoms with E-state index >= 15 is 0 Å². The lowest BCUT2D eigenvalue weighted by molar-refractivity contribution is 0.0420. The molecule has 0 aromatic carbocycles. The highest BCUT2D eigenvalue weighted by Crippen LogP contribution is 2.28. The van der Waals surface area contributed by atoms with E-state index < -0.39 is 0 Å². The first-order valence-electron chi connectivity index (χ1n) is 6.98. The van der Waals surface area contributed by atoms with Crippen LogP contribution in [0.25, 0.3) is 0 Å². The van der Waals surface area contributed by atoms with E-state index in [-0.39, 0.29) is 6.10 Å². The normalized spacial score (nSPS) is 24.9. The molecule has 0 amide bonds. The Kier molecular flexibility index (Phi) is 4.07. The van der Waals surface area contributed by atoms with E-state index in [9.17, 15) is 5.11 Å². The van der Waals surface area contributed by atoms with Gasteiger partial charge in [0.1, 0.15) is 0 Å². The molecule has 0 spiro atoms. The standard InChI is InChI=1S/C14H25N3O/c1-5-17-11(4)14(10(3)16-17)9(2)15-8-12-6-13(18)7-12/h9,12-13,15,18H,5-8H2,1-4H3. The molecule has 1 aromatic heterocycles. The zero-order valence-electron chi connectivity index (χ0n) is 11.9. The second-order valence-corrected chi connectivity index (χ2v) is 5.52. The second-order valence-electron chi connectivity index (χ2n) is 5.52. The van der Waals surface area contributed by atoms with Gasteiger partial charge in [-0.2, -0.15) is 5.10 Å². The maximum Gasteiger partial charge on any atom is 0.0644 e. The molecule has 1 fully saturated rings. The van der Waals surface area contributed by atoms with Gasteiger partial charge >= 0.3 is 0 Å². The van der Waals surface area contributed by atoms with E-state index in [4.69, 9.17) is 0 Å². The van der Waals surface area contributed by atoms with Crippen LogP contribution in [0.4, 0.5) is 0 Å². The fraction of sp³-hybridized carbons (Fsp3) is 0.786. The summed E-state index contributed by atoms with van der Waals surface area (Å²) in [4.78, 5) is 0. The number of aromatic nitrogens is 2. The molecule has 4 heteroatoms. The van der Waals surface area contributed by atoms with Crippen LogP contribution in [0.2, 0.25) is 0 Å². The molecule has 1 atom stereocenters. The lowest BCUT2D eigenvalue weighted by Gasteiger charge is -2.32. The van der Waals surface area contributed by atoms with E-state index in [1.165, 1.54) is 11.3 Å². The Balaban J connectivity index is 1.95.